The molecule has 6 nitrogen and oxygen atoms in total. The van der Waals surface area contributed by atoms with Gasteiger partial charge in [-0.1, -0.05) is 17.7 Å². The first-order chi connectivity index (χ1) is 13.3. The van der Waals surface area contributed by atoms with Gasteiger partial charge in [-0.3, -0.25) is 4.79 Å². The Labute approximate surface area is 168 Å². The third-order valence-electron chi connectivity index (χ3n) is 5.24. The second-order valence-electron chi connectivity index (χ2n) is 7.52. The standard InChI is InChI=1S/C22H32N4O2/c1-6-28-21-8-7-16(2)13-20(21)17(3)24-22(27)18(14-23)15-26(5)19-9-11-25(4)12-10-19/h7-8,13,15,17,19H,6,9-12H2,1-5H3,(H,24,27)/b18-15-. The number of piperidine rings is 1. The van der Waals surface area contributed by atoms with E-state index < -0.39 is 0 Å². The molecular weight excluding hydrogens is 352 g/mol. The van der Waals surface area contributed by atoms with Gasteiger partial charge in [0.05, 0.1) is 12.6 Å². The van der Waals surface area contributed by atoms with Gasteiger partial charge < -0.3 is 19.9 Å². The number of ether oxygens (including phenoxy) is 1. The molecule has 1 N–H and O–H groups in total. The summed E-state index contributed by atoms with van der Waals surface area (Å²) in [5.74, 6) is 0.394. The molecule has 1 saturated heterocycles. The van der Waals surface area contributed by atoms with E-state index in [0.29, 0.717) is 12.6 Å². The molecule has 1 atom stereocenters. The molecule has 1 aromatic rings. The number of nitrogens with zero attached hydrogens (tertiary/aromatic N) is 3. The fourth-order valence-corrected chi connectivity index (χ4v) is 3.49. The van der Waals surface area contributed by atoms with E-state index in [9.17, 15) is 10.1 Å². The van der Waals surface area contributed by atoms with E-state index in [0.717, 1.165) is 42.8 Å². The number of rotatable bonds is 7. The van der Waals surface area contributed by atoms with Crippen molar-refractivity contribution in [1.29, 1.82) is 5.26 Å². The van der Waals surface area contributed by atoms with E-state index in [4.69, 9.17) is 4.74 Å². The van der Waals surface area contributed by atoms with Gasteiger partial charge in [0.1, 0.15) is 17.4 Å². The van der Waals surface area contributed by atoms with E-state index in [1.165, 1.54) is 0 Å². The Hall–Kier alpha value is -2.52. The number of carbonyl (C=O) groups is 1. The van der Waals surface area contributed by atoms with Gasteiger partial charge in [-0.15, -0.1) is 0 Å². The molecule has 1 amide bonds. The van der Waals surface area contributed by atoms with E-state index in [-0.39, 0.29) is 17.5 Å². The van der Waals surface area contributed by atoms with E-state index in [1.54, 1.807) is 6.20 Å². The van der Waals surface area contributed by atoms with Crippen LogP contribution in [0.25, 0.3) is 0 Å². The van der Waals surface area contributed by atoms with Gasteiger partial charge in [-0.05, 0) is 59.8 Å². The first-order valence-corrected chi connectivity index (χ1v) is 9.92. The molecule has 0 saturated carbocycles. The molecule has 1 aliphatic rings. The minimum absolute atomic E-state index is 0.124. The van der Waals surface area contributed by atoms with Crippen LogP contribution < -0.4 is 10.1 Å². The van der Waals surface area contributed by atoms with Gasteiger partial charge in [0.15, 0.2) is 0 Å². The van der Waals surface area contributed by atoms with Crippen molar-refractivity contribution in [1.82, 2.24) is 15.1 Å². The van der Waals surface area contributed by atoms with Gasteiger partial charge in [0.25, 0.3) is 5.91 Å². The van der Waals surface area contributed by atoms with Crippen molar-refractivity contribution in [2.24, 2.45) is 0 Å². The topological polar surface area (TPSA) is 68.6 Å². The number of aryl methyl sites for hydroxylation is 1. The number of benzene rings is 1. The molecule has 0 bridgehead atoms. The maximum Gasteiger partial charge on any atom is 0.263 e. The molecule has 0 aliphatic carbocycles. The van der Waals surface area contributed by atoms with Crippen LogP contribution in [0.4, 0.5) is 0 Å². The number of carbonyl (C=O) groups excluding carboxylic acids is 1. The van der Waals surface area contributed by atoms with Crippen LogP contribution in [0.5, 0.6) is 5.75 Å². The van der Waals surface area contributed by atoms with Crippen LogP contribution in [0.15, 0.2) is 30.0 Å². The normalized spacial score (nSPS) is 16.9. The van der Waals surface area contributed by atoms with Crippen molar-refractivity contribution < 1.29 is 9.53 Å². The Morgan fingerprint density at radius 3 is 2.75 bits per heavy atom. The van der Waals surface area contributed by atoms with Crippen molar-refractivity contribution in [3.05, 3.63) is 41.1 Å². The summed E-state index contributed by atoms with van der Waals surface area (Å²) < 4.78 is 5.69. The summed E-state index contributed by atoms with van der Waals surface area (Å²) in [5, 5.41) is 12.5. The summed E-state index contributed by atoms with van der Waals surface area (Å²) in [6, 6.07) is 8.06. The zero-order valence-corrected chi connectivity index (χ0v) is 17.7. The minimum Gasteiger partial charge on any atom is -0.494 e. The van der Waals surface area contributed by atoms with Crippen LogP contribution >= 0.6 is 0 Å². The Morgan fingerprint density at radius 2 is 2.14 bits per heavy atom. The molecule has 0 radical (unpaired) electrons. The summed E-state index contributed by atoms with van der Waals surface area (Å²) in [4.78, 5) is 17.0. The molecule has 1 fully saturated rings. The predicted molar refractivity (Wildman–Crippen MR) is 111 cm³/mol. The first kappa shape index (κ1) is 21.8. The number of hydrogen-bond acceptors (Lipinski definition) is 5. The number of nitrogens with one attached hydrogen (secondary N) is 1. The second kappa shape index (κ2) is 10.1. The maximum atomic E-state index is 12.7. The van der Waals surface area contributed by atoms with Crippen LogP contribution in [0.1, 0.15) is 43.9 Å². The maximum absolute atomic E-state index is 12.7. The van der Waals surface area contributed by atoms with Crippen LogP contribution in [0, 0.1) is 18.3 Å². The lowest BCUT2D eigenvalue weighted by molar-refractivity contribution is -0.117. The molecule has 6 heteroatoms. The van der Waals surface area contributed by atoms with Crippen LogP contribution in [0.3, 0.4) is 0 Å². The van der Waals surface area contributed by atoms with E-state index in [1.807, 2.05) is 50.9 Å². The first-order valence-electron chi connectivity index (χ1n) is 9.92. The van der Waals surface area contributed by atoms with Crippen molar-refractivity contribution in [2.75, 3.05) is 33.8 Å². The molecule has 1 heterocycles. The smallest absolute Gasteiger partial charge is 0.263 e. The van der Waals surface area contributed by atoms with Gasteiger partial charge in [-0.2, -0.15) is 5.26 Å². The van der Waals surface area contributed by atoms with Crippen LogP contribution in [-0.4, -0.2) is 55.5 Å². The zero-order chi connectivity index (χ0) is 20.7. The Balaban J connectivity index is 2.09. The molecule has 2 rings (SSSR count). The fraction of sp³-hybridized carbons (Fsp3) is 0.545. The Kier molecular flexibility index (Phi) is 7.89. The van der Waals surface area contributed by atoms with Gasteiger partial charge in [0, 0.05) is 24.9 Å². The third kappa shape index (κ3) is 5.74. The van der Waals surface area contributed by atoms with Crippen molar-refractivity contribution in [3.8, 4) is 11.8 Å². The average Bonchev–Trinajstić information content (AvgIpc) is 2.67. The molecule has 28 heavy (non-hydrogen) atoms. The predicted octanol–water partition coefficient (Wildman–Crippen LogP) is 3.00. The highest BCUT2D eigenvalue weighted by molar-refractivity contribution is 5.97. The van der Waals surface area contributed by atoms with Gasteiger partial charge in [-0.25, -0.2) is 0 Å². The SMILES string of the molecule is CCOc1ccc(C)cc1C(C)NC(=O)/C(C#N)=C\N(C)C1CCN(C)CC1. The summed E-state index contributed by atoms with van der Waals surface area (Å²) in [7, 11) is 4.06. The molecule has 1 unspecified atom stereocenters. The molecule has 1 aliphatic heterocycles. The highest BCUT2D eigenvalue weighted by Gasteiger charge is 2.22. The highest BCUT2D eigenvalue weighted by Crippen LogP contribution is 2.26. The highest BCUT2D eigenvalue weighted by atomic mass is 16.5. The quantitative estimate of drug-likeness (QED) is 0.578. The van der Waals surface area contributed by atoms with Gasteiger partial charge >= 0.3 is 0 Å². The number of nitriles is 1. The summed E-state index contributed by atoms with van der Waals surface area (Å²) in [6.45, 7) is 8.46. The lowest BCUT2D eigenvalue weighted by Gasteiger charge is -2.34. The summed E-state index contributed by atoms with van der Waals surface area (Å²) in [5.41, 5.74) is 2.13. The monoisotopic (exact) mass is 384 g/mol. The summed E-state index contributed by atoms with van der Waals surface area (Å²) in [6.07, 6.45) is 3.74. The van der Waals surface area contributed by atoms with Crippen molar-refractivity contribution in [3.63, 3.8) is 0 Å². The van der Waals surface area contributed by atoms with Crippen molar-refractivity contribution >= 4 is 5.91 Å². The molecule has 0 spiro atoms. The molecule has 0 aromatic heterocycles. The lowest BCUT2D eigenvalue weighted by Crippen LogP contribution is -2.40. The fourth-order valence-electron chi connectivity index (χ4n) is 3.49. The van der Waals surface area contributed by atoms with Crippen LogP contribution in [-0.2, 0) is 4.79 Å². The molecule has 1 aromatic carbocycles. The average molecular weight is 385 g/mol. The number of likely N-dealkylation sites (tertiary alicyclic amines) is 1. The second-order valence-corrected chi connectivity index (χ2v) is 7.52. The molecular formula is C22H32N4O2. The Morgan fingerprint density at radius 1 is 1.46 bits per heavy atom. The minimum atomic E-state index is -0.362. The van der Waals surface area contributed by atoms with Crippen molar-refractivity contribution in [2.45, 2.75) is 45.7 Å². The number of hydrogen-bond donors (Lipinski definition) is 1. The number of amides is 1. The third-order valence-corrected chi connectivity index (χ3v) is 5.24. The van der Waals surface area contributed by atoms with Crippen LogP contribution in [0.2, 0.25) is 0 Å². The lowest BCUT2D eigenvalue weighted by atomic mass is 10.0. The Bertz CT molecular complexity index is 745. The largest absolute Gasteiger partial charge is 0.494 e. The molecule has 152 valence electrons. The zero-order valence-electron chi connectivity index (χ0n) is 17.7. The van der Waals surface area contributed by atoms with E-state index >= 15 is 0 Å². The summed E-state index contributed by atoms with van der Waals surface area (Å²) >= 11 is 0. The van der Waals surface area contributed by atoms with Gasteiger partial charge in [0.2, 0.25) is 0 Å². The van der Waals surface area contributed by atoms with E-state index in [2.05, 4.69) is 23.3 Å².